The molecule has 1 saturated heterocycles. The van der Waals surface area contributed by atoms with E-state index >= 15 is 0 Å². The fraction of sp³-hybridized carbons (Fsp3) is 0.833. The second kappa shape index (κ2) is 5.49. The average molecular weight is 169 g/mol. The summed E-state index contributed by atoms with van der Waals surface area (Å²) in [6, 6.07) is -0.0567. The Morgan fingerprint density at radius 2 is 2.40 bits per heavy atom. The molecule has 0 aromatic rings. The predicted octanol–water partition coefficient (Wildman–Crippen LogP) is -0.436. The Morgan fingerprint density at radius 1 is 1.70 bits per heavy atom. The number of nitrogens with one attached hydrogen (secondary N) is 1. The monoisotopic (exact) mass is 169 g/mol. The first-order valence-corrected chi connectivity index (χ1v) is 3.12. The van der Waals surface area contributed by atoms with Gasteiger partial charge in [-0.25, -0.2) is 0 Å². The van der Waals surface area contributed by atoms with E-state index in [1.54, 1.807) is 6.92 Å². The molecule has 1 fully saturated rings. The van der Waals surface area contributed by atoms with Gasteiger partial charge in [-0.15, -0.1) is 0 Å². The smallest absolute Gasteiger partial charge is 0.149 e. The fourth-order valence-electron chi connectivity index (χ4n) is 0.827. The molecule has 10 heavy (non-hydrogen) atoms. The first-order chi connectivity index (χ1) is 4.30. The van der Waals surface area contributed by atoms with Crippen LogP contribution in [-0.2, 0) is 9.53 Å². The molecule has 0 radical (unpaired) electrons. The van der Waals surface area contributed by atoms with E-state index in [4.69, 9.17) is 4.74 Å². The van der Waals surface area contributed by atoms with Crippen LogP contribution in [-0.4, -0.2) is 31.6 Å². The zero-order valence-electron chi connectivity index (χ0n) is 5.87. The molecule has 0 aliphatic carbocycles. The molecule has 1 rings (SSSR count). The molecule has 1 unspecified atom stereocenters. The third-order valence-corrected chi connectivity index (χ3v) is 1.41. The van der Waals surface area contributed by atoms with Crippen molar-refractivity contribution in [1.29, 1.82) is 0 Å². The molecule has 1 aliphatic rings. The summed E-state index contributed by atoms with van der Waals surface area (Å²) in [5.74, 6) is 0.162. The number of hydrogen-bond acceptors (Lipinski definition) is 3. The van der Waals surface area contributed by atoms with Gasteiger partial charge in [0.2, 0.25) is 0 Å². The summed E-state index contributed by atoms with van der Waals surface area (Å²) in [4.78, 5) is 10.7. The summed E-state index contributed by atoms with van der Waals surface area (Å²) in [6.45, 7) is 3.63. The SMILES string of the molecule is CC(=O)C1COCCN1.[Ar]. The Morgan fingerprint density at radius 3 is 2.70 bits per heavy atom. The molecule has 1 atom stereocenters. The zero-order valence-corrected chi connectivity index (χ0v) is 6.58. The van der Waals surface area contributed by atoms with E-state index in [1.807, 2.05) is 0 Å². The third kappa shape index (κ3) is 3.30. The third-order valence-electron chi connectivity index (χ3n) is 1.41. The van der Waals surface area contributed by atoms with Crippen molar-refractivity contribution in [2.45, 2.75) is 13.0 Å². The van der Waals surface area contributed by atoms with E-state index in [0.717, 1.165) is 13.2 Å². The Labute approximate surface area is 90.5 Å². The van der Waals surface area contributed by atoms with E-state index in [0.29, 0.717) is 6.61 Å². The maximum Gasteiger partial charge on any atom is 0.149 e. The Hall–Kier alpha value is 0.850. The molecule has 1 aliphatic heterocycles. The van der Waals surface area contributed by atoms with Gasteiger partial charge in [-0.1, -0.05) is 0 Å². The molecule has 1 N–H and O–H groups in total. The van der Waals surface area contributed by atoms with Crippen molar-refractivity contribution in [3.8, 4) is 0 Å². The molecule has 60 valence electrons. The first kappa shape index (κ1) is 10.8. The minimum Gasteiger partial charge on any atom is -0.378 e. The van der Waals surface area contributed by atoms with Crippen molar-refractivity contribution >= 4 is 5.78 Å². The maximum atomic E-state index is 10.7. The van der Waals surface area contributed by atoms with Crippen molar-refractivity contribution in [3.63, 3.8) is 0 Å². The summed E-state index contributed by atoms with van der Waals surface area (Å²) < 4.78 is 5.06. The molecule has 0 saturated carbocycles. The minimum absolute atomic E-state index is 0. The number of carbonyl (C=O) groups is 1. The number of hydrogen-bond donors (Lipinski definition) is 1. The van der Waals surface area contributed by atoms with Crippen LogP contribution in [0.25, 0.3) is 0 Å². The van der Waals surface area contributed by atoms with E-state index in [1.165, 1.54) is 0 Å². The second-order valence-electron chi connectivity index (χ2n) is 2.19. The summed E-state index contributed by atoms with van der Waals surface area (Å²) in [5, 5.41) is 3.04. The minimum atomic E-state index is -0.0567. The summed E-state index contributed by atoms with van der Waals surface area (Å²) >= 11 is 0. The number of ketones is 1. The Balaban J connectivity index is 0.000000810. The molecule has 4 heteroatoms. The number of Topliss-reactive ketones (excluding diaryl/α,β-unsaturated/α-hetero) is 1. The summed E-state index contributed by atoms with van der Waals surface area (Å²) in [7, 11) is 0. The van der Waals surface area contributed by atoms with Crippen molar-refractivity contribution in [2.75, 3.05) is 19.8 Å². The molecule has 0 amide bonds. The van der Waals surface area contributed by atoms with Gasteiger partial charge in [0.25, 0.3) is 0 Å². The number of morpholine rings is 1. The van der Waals surface area contributed by atoms with Gasteiger partial charge in [-0.05, 0) is 6.92 Å². The van der Waals surface area contributed by atoms with Crippen LogP contribution in [0.3, 0.4) is 0 Å². The Kier molecular flexibility index (Phi) is 5.96. The average Bonchev–Trinajstić information content (AvgIpc) is 1.90. The number of carbonyl (C=O) groups excluding carboxylic acids is 1. The van der Waals surface area contributed by atoms with Gasteiger partial charge >= 0.3 is 0 Å². The molecular formula is C6H11ArNO2. The van der Waals surface area contributed by atoms with Crippen molar-refractivity contribution in [1.82, 2.24) is 5.32 Å². The predicted molar refractivity (Wildman–Crippen MR) is 33.3 cm³/mol. The van der Waals surface area contributed by atoms with Crippen LogP contribution in [0.2, 0.25) is 0 Å². The normalized spacial score (nSPS) is 25.1. The molecule has 3 nitrogen and oxygen atoms in total. The fourth-order valence-corrected chi connectivity index (χ4v) is 0.827. The van der Waals surface area contributed by atoms with E-state index < -0.39 is 0 Å². The molecule has 1 heterocycles. The molecule has 0 aromatic carbocycles. The summed E-state index contributed by atoms with van der Waals surface area (Å²) in [6.07, 6.45) is 0. The van der Waals surface area contributed by atoms with Gasteiger partial charge in [0, 0.05) is 44.3 Å². The van der Waals surface area contributed by atoms with Crippen LogP contribution < -0.4 is 5.32 Å². The molecular weight excluding hydrogens is 158 g/mol. The number of rotatable bonds is 1. The van der Waals surface area contributed by atoms with Gasteiger partial charge in [-0.2, -0.15) is 0 Å². The molecule has 0 bridgehead atoms. The van der Waals surface area contributed by atoms with Gasteiger partial charge in [0.1, 0.15) is 5.78 Å². The quantitative estimate of drug-likeness (QED) is 0.578. The largest absolute Gasteiger partial charge is 0.378 e. The van der Waals surface area contributed by atoms with Gasteiger partial charge in [0.15, 0.2) is 0 Å². The summed E-state index contributed by atoms with van der Waals surface area (Å²) in [5.41, 5.74) is 0. The van der Waals surface area contributed by atoms with Crippen LogP contribution in [0.5, 0.6) is 0 Å². The van der Waals surface area contributed by atoms with Crippen molar-refractivity contribution in [3.05, 3.63) is 0 Å². The van der Waals surface area contributed by atoms with E-state index in [9.17, 15) is 4.79 Å². The number of ether oxygens (including phenoxy) is 1. The second-order valence-corrected chi connectivity index (χ2v) is 2.19. The Bertz CT molecular complexity index is 112. The standard InChI is InChI=1S/C6H11NO2.Ar/c1-5(8)6-4-9-3-2-7-6;/h6-7H,2-4H2,1H3;. The van der Waals surface area contributed by atoms with E-state index in [-0.39, 0.29) is 49.6 Å². The van der Waals surface area contributed by atoms with Gasteiger partial charge in [-0.3, -0.25) is 4.79 Å². The van der Waals surface area contributed by atoms with Gasteiger partial charge in [0.05, 0.1) is 19.3 Å². The van der Waals surface area contributed by atoms with Crippen molar-refractivity contribution < 1.29 is 47.3 Å². The first-order valence-electron chi connectivity index (χ1n) is 3.12. The van der Waals surface area contributed by atoms with Crippen LogP contribution in [0, 0.1) is 37.7 Å². The topological polar surface area (TPSA) is 38.3 Å². The van der Waals surface area contributed by atoms with Crippen LogP contribution >= 0.6 is 0 Å². The van der Waals surface area contributed by atoms with Gasteiger partial charge < -0.3 is 10.1 Å². The molecule has 0 aromatic heterocycles. The van der Waals surface area contributed by atoms with E-state index in [2.05, 4.69) is 5.32 Å². The van der Waals surface area contributed by atoms with Crippen LogP contribution in [0.4, 0.5) is 0 Å². The van der Waals surface area contributed by atoms with Crippen LogP contribution in [0.1, 0.15) is 6.92 Å². The molecule has 0 spiro atoms. The zero-order chi connectivity index (χ0) is 6.69. The van der Waals surface area contributed by atoms with Crippen LogP contribution in [0.15, 0.2) is 0 Å². The van der Waals surface area contributed by atoms with Crippen molar-refractivity contribution in [2.24, 2.45) is 0 Å². The maximum absolute atomic E-state index is 10.7.